The molecule has 3 aliphatic rings. The normalized spacial score (nSPS) is 50.2. The Bertz CT molecular complexity index is 241. The molecular weight excluding hydrogens is 148 g/mol. The zero-order valence-corrected chi connectivity index (χ0v) is 8.48. The Morgan fingerprint density at radius 3 is 2.25 bits per heavy atom. The maximum Gasteiger partial charge on any atom is 0.143 e. The molecule has 1 heteroatoms. The second-order valence-corrected chi connectivity index (χ2v) is 5.41. The maximum absolute atomic E-state index is 11.8. The Kier molecular flexibility index (Phi) is 1.34. The maximum atomic E-state index is 11.8. The van der Waals surface area contributed by atoms with Crippen LogP contribution in [0.25, 0.3) is 0 Å². The molecule has 0 amide bonds. The minimum atomic E-state index is 0.0180. The van der Waals surface area contributed by atoms with Crippen molar-refractivity contribution < 1.29 is 4.79 Å². The largest absolute Gasteiger partial charge is 0.299 e. The molecule has 12 heavy (non-hydrogen) atoms. The molecule has 0 unspecified atom stereocenters. The first kappa shape index (κ1) is 8.28. The average molecular weight is 166 g/mol. The van der Waals surface area contributed by atoms with Crippen molar-refractivity contribution in [3.8, 4) is 0 Å². The van der Waals surface area contributed by atoms with Crippen LogP contribution in [0.3, 0.4) is 0 Å². The number of hydrogen-bond donors (Lipinski definition) is 0. The third-order valence-corrected chi connectivity index (χ3v) is 4.69. The smallest absolute Gasteiger partial charge is 0.143 e. The molecule has 3 rings (SSSR count). The van der Waals surface area contributed by atoms with Crippen LogP contribution in [0.5, 0.6) is 0 Å². The van der Waals surface area contributed by atoms with E-state index in [1.165, 1.54) is 6.42 Å². The lowest BCUT2D eigenvalue weighted by Crippen LogP contribution is -2.67. The first-order valence-corrected chi connectivity index (χ1v) is 4.95. The molecule has 68 valence electrons. The Morgan fingerprint density at radius 2 is 1.92 bits per heavy atom. The third-order valence-electron chi connectivity index (χ3n) is 4.69. The van der Waals surface area contributed by atoms with Crippen LogP contribution >= 0.6 is 0 Å². The summed E-state index contributed by atoms with van der Waals surface area (Å²) in [5.74, 6) is 1.51. The van der Waals surface area contributed by atoms with Crippen molar-refractivity contribution >= 4 is 5.78 Å². The molecule has 3 saturated carbocycles. The summed E-state index contributed by atoms with van der Waals surface area (Å²) in [5.41, 5.74) is 0.284. The summed E-state index contributed by atoms with van der Waals surface area (Å²) in [6, 6.07) is 0. The van der Waals surface area contributed by atoms with Gasteiger partial charge in [0.25, 0.3) is 0 Å². The minimum Gasteiger partial charge on any atom is -0.299 e. The number of carbonyl (C=O) groups excluding carboxylic acids is 1. The second kappa shape index (κ2) is 1.94. The summed E-state index contributed by atoms with van der Waals surface area (Å²) in [4.78, 5) is 11.8. The van der Waals surface area contributed by atoms with E-state index in [4.69, 9.17) is 0 Å². The van der Waals surface area contributed by atoms with Crippen LogP contribution in [0, 0.1) is 22.7 Å². The highest BCUT2D eigenvalue weighted by molar-refractivity contribution is 5.95. The highest BCUT2D eigenvalue weighted by Gasteiger charge is 2.67. The van der Waals surface area contributed by atoms with E-state index in [9.17, 15) is 4.79 Å². The molecule has 0 aromatic rings. The second-order valence-electron chi connectivity index (χ2n) is 5.41. The van der Waals surface area contributed by atoms with Crippen molar-refractivity contribution in [1.82, 2.24) is 0 Å². The Labute approximate surface area is 74.5 Å². The van der Waals surface area contributed by atoms with Gasteiger partial charge in [0.2, 0.25) is 0 Å². The predicted octanol–water partition coefficient (Wildman–Crippen LogP) is 2.65. The van der Waals surface area contributed by atoms with Crippen molar-refractivity contribution in [2.24, 2.45) is 22.7 Å². The SMILES string of the molecule is C[C@@H]1CC[C@@]2(C)C(=O)[C@@H]1C2(C)C. The first-order chi connectivity index (χ1) is 5.41. The predicted molar refractivity (Wildman–Crippen MR) is 48.8 cm³/mol. The van der Waals surface area contributed by atoms with E-state index in [1.807, 2.05) is 0 Å². The van der Waals surface area contributed by atoms with Crippen LogP contribution in [0.2, 0.25) is 0 Å². The van der Waals surface area contributed by atoms with Crippen molar-refractivity contribution in [1.29, 1.82) is 0 Å². The van der Waals surface area contributed by atoms with Gasteiger partial charge in [-0.15, -0.1) is 0 Å². The highest BCUT2D eigenvalue weighted by Crippen LogP contribution is 2.66. The Balaban J connectivity index is 2.38. The van der Waals surface area contributed by atoms with E-state index in [0.717, 1.165) is 6.42 Å². The van der Waals surface area contributed by atoms with Crippen molar-refractivity contribution in [3.63, 3.8) is 0 Å². The van der Waals surface area contributed by atoms with Crippen LogP contribution < -0.4 is 0 Å². The number of fused-ring (bicyclic) bond motifs is 2. The minimum absolute atomic E-state index is 0.0180. The summed E-state index contributed by atoms with van der Waals surface area (Å²) in [6.07, 6.45) is 2.35. The number of ketones is 1. The first-order valence-electron chi connectivity index (χ1n) is 4.95. The van der Waals surface area contributed by atoms with Gasteiger partial charge in [-0.25, -0.2) is 0 Å². The van der Waals surface area contributed by atoms with Crippen LogP contribution in [-0.4, -0.2) is 5.78 Å². The monoisotopic (exact) mass is 166 g/mol. The molecule has 0 radical (unpaired) electrons. The number of hydrogen-bond acceptors (Lipinski definition) is 1. The number of Topliss-reactive ketones (excluding diaryl/α,β-unsaturated/α-hetero) is 1. The molecule has 0 saturated heterocycles. The molecule has 0 spiro atoms. The molecule has 2 bridgehead atoms. The molecule has 3 fully saturated rings. The van der Waals surface area contributed by atoms with Crippen LogP contribution in [0.4, 0.5) is 0 Å². The number of carbonyl (C=O) groups is 1. The van der Waals surface area contributed by atoms with Gasteiger partial charge in [0, 0.05) is 11.3 Å². The number of rotatable bonds is 0. The summed E-state index contributed by atoms with van der Waals surface area (Å²) >= 11 is 0. The van der Waals surface area contributed by atoms with Gasteiger partial charge in [-0.05, 0) is 24.2 Å². The molecule has 0 aliphatic heterocycles. The summed E-state index contributed by atoms with van der Waals surface area (Å²) in [6.45, 7) is 8.89. The fourth-order valence-corrected chi connectivity index (χ4v) is 3.35. The van der Waals surface area contributed by atoms with E-state index in [1.54, 1.807) is 0 Å². The summed E-state index contributed by atoms with van der Waals surface area (Å²) < 4.78 is 0. The van der Waals surface area contributed by atoms with Crippen molar-refractivity contribution in [3.05, 3.63) is 0 Å². The molecule has 0 aromatic carbocycles. The molecule has 1 nitrogen and oxygen atoms in total. The molecule has 3 atom stereocenters. The average Bonchev–Trinajstić information content (AvgIpc) is 1.97. The zero-order valence-electron chi connectivity index (χ0n) is 8.48. The van der Waals surface area contributed by atoms with Gasteiger partial charge in [0.05, 0.1) is 0 Å². The van der Waals surface area contributed by atoms with Crippen molar-refractivity contribution in [2.75, 3.05) is 0 Å². The summed E-state index contributed by atoms with van der Waals surface area (Å²) in [7, 11) is 0. The quantitative estimate of drug-likeness (QED) is 0.540. The van der Waals surface area contributed by atoms with Gasteiger partial charge in [-0.1, -0.05) is 27.7 Å². The van der Waals surface area contributed by atoms with E-state index in [-0.39, 0.29) is 10.8 Å². The fraction of sp³-hybridized carbons (Fsp3) is 0.909. The molecule has 0 heterocycles. The van der Waals surface area contributed by atoms with E-state index >= 15 is 0 Å². The Hall–Kier alpha value is -0.330. The molecule has 0 N–H and O–H groups in total. The zero-order chi connectivity index (χ0) is 9.15. The van der Waals surface area contributed by atoms with Crippen molar-refractivity contribution in [2.45, 2.75) is 40.5 Å². The van der Waals surface area contributed by atoms with E-state index < -0.39 is 0 Å². The van der Waals surface area contributed by atoms with Crippen LogP contribution in [0.1, 0.15) is 40.5 Å². The van der Waals surface area contributed by atoms with Crippen LogP contribution in [-0.2, 0) is 4.79 Å². The van der Waals surface area contributed by atoms with Gasteiger partial charge in [0.15, 0.2) is 0 Å². The lowest BCUT2D eigenvalue weighted by molar-refractivity contribution is -0.189. The van der Waals surface area contributed by atoms with Gasteiger partial charge in [-0.3, -0.25) is 4.79 Å². The van der Waals surface area contributed by atoms with Gasteiger partial charge in [-0.2, -0.15) is 0 Å². The van der Waals surface area contributed by atoms with E-state index in [2.05, 4.69) is 27.7 Å². The lowest BCUT2D eigenvalue weighted by Gasteiger charge is -2.64. The highest BCUT2D eigenvalue weighted by atomic mass is 16.1. The molecular formula is C11H18O. The standard InChI is InChI=1S/C11H18O/c1-7-5-6-11(4)9(12)8(7)10(11,2)3/h7-8H,5-6H2,1-4H3/t7-,8-,11+/m1/s1. The van der Waals surface area contributed by atoms with Gasteiger partial charge < -0.3 is 0 Å². The van der Waals surface area contributed by atoms with Gasteiger partial charge in [0.1, 0.15) is 5.78 Å². The van der Waals surface area contributed by atoms with Crippen LogP contribution in [0.15, 0.2) is 0 Å². The van der Waals surface area contributed by atoms with Gasteiger partial charge >= 0.3 is 0 Å². The Morgan fingerprint density at radius 1 is 1.33 bits per heavy atom. The fourth-order valence-electron chi connectivity index (χ4n) is 3.35. The molecule has 0 aromatic heterocycles. The lowest BCUT2D eigenvalue weighted by atomic mass is 9.37. The third kappa shape index (κ3) is 0.605. The summed E-state index contributed by atoms with van der Waals surface area (Å²) in [5, 5.41) is 0. The van der Waals surface area contributed by atoms with E-state index in [0.29, 0.717) is 17.6 Å². The topological polar surface area (TPSA) is 17.1 Å². The molecule has 3 aliphatic carbocycles.